The van der Waals surface area contributed by atoms with Gasteiger partial charge in [-0.25, -0.2) is 0 Å². The standard InChI is InChI=1S/C63H113NO13/c1-3-5-7-9-11-13-15-17-19-21-23-25-26-27-29-31-33-35-37-39-41-43-45-47-55(68)64-51(52(67)46-44-42-40-38-36-34-32-30-28-24-22-20-18-16-14-12-10-8-6-4-2)50-74-62-60(73)58(71)61(54(49-66)76-62)77-63-59(72)57(70)56(69)53(48-65)75-63/h5,7,11,13,17,19,23,25,27,29,51-54,56-63,65-67,69-73H,3-4,6,8-10,12,14-16,18,20-22,24,26,28,30-50H2,1-2H3,(H,64,68)/b7-5-,13-11-,19-17-,25-23-,29-27-. The maximum absolute atomic E-state index is 13.3. The first-order valence-corrected chi connectivity index (χ1v) is 31.0. The van der Waals surface area contributed by atoms with Gasteiger partial charge in [0.25, 0.3) is 0 Å². The fourth-order valence-electron chi connectivity index (χ4n) is 10.0. The number of amides is 1. The number of hydrogen-bond acceptors (Lipinski definition) is 13. The first-order chi connectivity index (χ1) is 37.6. The van der Waals surface area contributed by atoms with E-state index in [0.717, 1.165) is 96.3 Å². The maximum Gasteiger partial charge on any atom is 0.220 e. The molecule has 0 radical (unpaired) electrons. The molecule has 2 aliphatic heterocycles. The summed E-state index contributed by atoms with van der Waals surface area (Å²) in [7, 11) is 0. The molecule has 12 unspecified atom stereocenters. The molecule has 1 amide bonds. The Hall–Kier alpha value is -2.31. The van der Waals surface area contributed by atoms with Gasteiger partial charge in [0.15, 0.2) is 12.6 Å². The third-order valence-electron chi connectivity index (χ3n) is 15.0. The topological polar surface area (TPSA) is 228 Å². The summed E-state index contributed by atoms with van der Waals surface area (Å²) in [6.45, 7) is 2.75. The summed E-state index contributed by atoms with van der Waals surface area (Å²) in [6, 6.07) is -0.839. The molecule has 9 N–H and O–H groups in total. The largest absolute Gasteiger partial charge is 0.394 e. The van der Waals surface area contributed by atoms with E-state index in [1.54, 1.807) is 0 Å². The normalized spacial score (nSPS) is 25.1. The quantitative estimate of drug-likeness (QED) is 0.0204. The Labute approximate surface area is 466 Å². The van der Waals surface area contributed by atoms with Gasteiger partial charge in [0.1, 0.15) is 48.8 Å². The second-order valence-electron chi connectivity index (χ2n) is 21.8. The monoisotopic (exact) mass is 1090 g/mol. The highest BCUT2D eigenvalue weighted by Crippen LogP contribution is 2.30. The third-order valence-corrected chi connectivity index (χ3v) is 15.0. The van der Waals surface area contributed by atoms with Crippen LogP contribution < -0.4 is 5.32 Å². The van der Waals surface area contributed by atoms with Crippen LogP contribution in [0.3, 0.4) is 0 Å². The molecule has 0 saturated carbocycles. The van der Waals surface area contributed by atoms with Crippen LogP contribution in [0.1, 0.15) is 239 Å². The van der Waals surface area contributed by atoms with Gasteiger partial charge >= 0.3 is 0 Å². The minimum absolute atomic E-state index is 0.218. The molecule has 12 atom stereocenters. The molecule has 0 bridgehead atoms. The van der Waals surface area contributed by atoms with E-state index in [4.69, 9.17) is 18.9 Å². The zero-order chi connectivity index (χ0) is 56.0. The van der Waals surface area contributed by atoms with Crippen molar-refractivity contribution in [2.75, 3.05) is 19.8 Å². The Morgan fingerprint density at radius 1 is 0.481 bits per heavy atom. The van der Waals surface area contributed by atoms with Crippen LogP contribution in [-0.4, -0.2) is 140 Å². The fraction of sp³-hybridized carbons (Fsp3) is 0.825. The van der Waals surface area contributed by atoms with Crippen LogP contribution in [0.5, 0.6) is 0 Å². The number of nitrogens with one attached hydrogen (secondary N) is 1. The number of aliphatic hydroxyl groups is 8. The molecule has 0 aliphatic carbocycles. The van der Waals surface area contributed by atoms with Gasteiger partial charge in [0, 0.05) is 6.42 Å². The highest BCUT2D eigenvalue weighted by Gasteiger charge is 2.51. The predicted molar refractivity (Wildman–Crippen MR) is 309 cm³/mol. The summed E-state index contributed by atoms with van der Waals surface area (Å²) in [6.07, 6.45) is 44.9. The molecule has 2 rings (SSSR count). The maximum atomic E-state index is 13.3. The van der Waals surface area contributed by atoms with Gasteiger partial charge in [-0.15, -0.1) is 0 Å². The van der Waals surface area contributed by atoms with E-state index in [1.165, 1.54) is 109 Å². The van der Waals surface area contributed by atoms with Crippen LogP contribution in [0.4, 0.5) is 0 Å². The van der Waals surface area contributed by atoms with E-state index in [0.29, 0.717) is 12.8 Å². The Morgan fingerprint density at radius 3 is 1.38 bits per heavy atom. The van der Waals surface area contributed by atoms with E-state index < -0.39 is 86.8 Å². The lowest BCUT2D eigenvalue weighted by Gasteiger charge is -2.46. The van der Waals surface area contributed by atoms with Crippen LogP contribution >= 0.6 is 0 Å². The highest BCUT2D eigenvalue weighted by molar-refractivity contribution is 5.76. The fourth-order valence-corrected chi connectivity index (χ4v) is 10.0. The SMILES string of the molecule is CC/C=C\C/C=C\C/C=C\C/C=C\C/C=C\CCCCCCCCCC(=O)NC(COC1OC(CO)C(OC2OC(CO)C(O)C(O)C2O)C(O)C1O)C(O)CCCCCCCCCCCCCCCCCCCCCC. The third kappa shape index (κ3) is 33.9. The number of hydrogen-bond donors (Lipinski definition) is 9. The lowest BCUT2D eigenvalue weighted by molar-refractivity contribution is -0.359. The van der Waals surface area contributed by atoms with Crippen molar-refractivity contribution >= 4 is 5.91 Å². The molecule has 2 fully saturated rings. The van der Waals surface area contributed by atoms with Gasteiger partial charge in [-0.05, 0) is 57.8 Å². The van der Waals surface area contributed by atoms with Crippen molar-refractivity contribution in [2.24, 2.45) is 0 Å². The molecule has 14 nitrogen and oxygen atoms in total. The zero-order valence-electron chi connectivity index (χ0n) is 48.2. The summed E-state index contributed by atoms with van der Waals surface area (Å²) in [5.74, 6) is -0.218. The number of unbranched alkanes of at least 4 members (excludes halogenated alkanes) is 26. The summed E-state index contributed by atoms with van der Waals surface area (Å²) in [5.41, 5.74) is 0. The van der Waals surface area contributed by atoms with Crippen molar-refractivity contribution in [1.82, 2.24) is 5.32 Å². The first-order valence-electron chi connectivity index (χ1n) is 31.0. The number of aliphatic hydroxyl groups excluding tert-OH is 8. The van der Waals surface area contributed by atoms with Gasteiger partial charge in [0.05, 0.1) is 32.0 Å². The molecular weight excluding hydrogens is 979 g/mol. The molecule has 0 aromatic rings. The van der Waals surface area contributed by atoms with Crippen molar-refractivity contribution in [3.05, 3.63) is 60.8 Å². The van der Waals surface area contributed by atoms with Crippen LogP contribution in [-0.2, 0) is 23.7 Å². The van der Waals surface area contributed by atoms with E-state index in [1.807, 2.05) is 0 Å². The lowest BCUT2D eigenvalue weighted by atomic mass is 9.97. The minimum Gasteiger partial charge on any atom is -0.394 e. The Morgan fingerprint density at radius 2 is 0.896 bits per heavy atom. The Kier molecular flexibility index (Phi) is 44.5. The number of allylic oxidation sites excluding steroid dienone is 10. The number of carbonyl (C=O) groups excluding carboxylic acids is 1. The first kappa shape index (κ1) is 70.8. The molecule has 0 aromatic carbocycles. The van der Waals surface area contributed by atoms with E-state index in [9.17, 15) is 45.6 Å². The molecule has 14 heteroatoms. The Balaban J connectivity index is 1.75. The second kappa shape index (κ2) is 48.4. The Bertz CT molecular complexity index is 1520. The molecule has 2 aliphatic rings. The summed E-state index contributed by atoms with van der Waals surface area (Å²) in [4.78, 5) is 13.3. The lowest BCUT2D eigenvalue weighted by Crippen LogP contribution is -2.65. The number of carbonyl (C=O) groups is 1. The highest BCUT2D eigenvalue weighted by atomic mass is 16.7. The molecule has 0 aromatic heterocycles. The predicted octanol–water partition coefficient (Wildman–Crippen LogP) is 10.9. The number of ether oxygens (including phenoxy) is 4. The van der Waals surface area contributed by atoms with Gasteiger partial charge in [-0.2, -0.15) is 0 Å². The zero-order valence-corrected chi connectivity index (χ0v) is 48.2. The second-order valence-corrected chi connectivity index (χ2v) is 21.8. The molecule has 77 heavy (non-hydrogen) atoms. The summed E-state index contributed by atoms with van der Waals surface area (Å²) >= 11 is 0. The average Bonchev–Trinajstić information content (AvgIpc) is 3.44. The molecule has 0 spiro atoms. The van der Waals surface area contributed by atoms with Gasteiger partial charge in [-0.3, -0.25) is 4.79 Å². The van der Waals surface area contributed by atoms with Crippen molar-refractivity contribution in [3.63, 3.8) is 0 Å². The smallest absolute Gasteiger partial charge is 0.220 e. The van der Waals surface area contributed by atoms with Crippen LogP contribution in [0, 0.1) is 0 Å². The van der Waals surface area contributed by atoms with Crippen LogP contribution in [0.25, 0.3) is 0 Å². The average molecular weight is 1090 g/mol. The van der Waals surface area contributed by atoms with Crippen molar-refractivity contribution in [2.45, 2.75) is 312 Å². The van der Waals surface area contributed by atoms with Gasteiger partial charge in [0.2, 0.25) is 5.91 Å². The number of rotatable bonds is 49. The van der Waals surface area contributed by atoms with Crippen molar-refractivity contribution in [3.8, 4) is 0 Å². The van der Waals surface area contributed by atoms with Crippen LogP contribution in [0.15, 0.2) is 60.8 Å². The van der Waals surface area contributed by atoms with Gasteiger partial charge in [-0.1, -0.05) is 235 Å². The van der Waals surface area contributed by atoms with Crippen LogP contribution in [0.2, 0.25) is 0 Å². The summed E-state index contributed by atoms with van der Waals surface area (Å²) in [5, 5.41) is 87.4. The summed E-state index contributed by atoms with van der Waals surface area (Å²) < 4.78 is 22.9. The van der Waals surface area contributed by atoms with E-state index in [-0.39, 0.29) is 18.9 Å². The molecule has 2 heterocycles. The molecular formula is C63H113NO13. The molecule has 448 valence electrons. The van der Waals surface area contributed by atoms with Crippen molar-refractivity contribution < 1.29 is 64.6 Å². The van der Waals surface area contributed by atoms with E-state index >= 15 is 0 Å². The van der Waals surface area contributed by atoms with Gasteiger partial charge < -0.3 is 65.1 Å². The molecule has 2 saturated heterocycles. The minimum atomic E-state index is -1.79. The van der Waals surface area contributed by atoms with E-state index in [2.05, 4.69) is 79.9 Å². The van der Waals surface area contributed by atoms with Crippen molar-refractivity contribution in [1.29, 1.82) is 0 Å².